The van der Waals surface area contributed by atoms with E-state index in [-0.39, 0.29) is 11.9 Å². The van der Waals surface area contributed by atoms with E-state index in [2.05, 4.69) is 20.1 Å². The van der Waals surface area contributed by atoms with Crippen molar-refractivity contribution < 1.29 is 13.9 Å². The zero-order valence-electron chi connectivity index (χ0n) is 14.3. The van der Waals surface area contributed by atoms with Crippen molar-refractivity contribution in [3.63, 3.8) is 0 Å². The van der Waals surface area contributed by atoms with Crippen molar-refractivity contribution in [3.05, 3.63) is 41.7 Å². The molecule has 0 bridgehead atoms. The maximum Gasteiger partial charge on any atom is 0.224 e. The van der Waals surface area contributed by atoms with Crippen LogP contribution in [0.15, 0.2) is 28.9 Å². The van der Waals surface area contributed by atoms with Crippen LogP contribution < -0.4 is 10.1 Å². The Bertz CT molecular complexity index is 928. The third-order valence-electron chi connectivity index (χ3n) is 4.71. The standard InChI is InChI=1S/C18H20N4O3/c1-11-20-21-17-6-3-13(9-22(11)17)19-18(23)7-12-10-25-16-8-14(24-2)4-5-15(12)16/h4-5,8,10,13H,3,6-7,9H2,1-2H3,(H,19,23)/t13-/m0/s1. The SMILES string of the molecule is COc1ccc2c(CC(=O)N[C@H]3CCc4nnc(C)n4C3)coc2c1. The van der Waals surface area contributed by atoms with E-state index in [1.807, 2.05) is 25.1 Å². The molecule has 0 saturated carbocycles. The highest BCUT2D eigenvalue weighted by Crippen LogP contribution is 2.26. The number of hydrogen-bond acceptors (Lipinski definition) is 5. The molecule has 130 valence electrons. The molecule has 4 rings (SSSR count). The number of fused-ring (bicyclic) bond motifs is 2. The number of methoxy groups -OCH3 is 1. The van der Waals surface area contributed by atoms with E-state index in [0.29, 0.717) is 6.42 Å². The summed E-state index contributed by atoms with van der Waals surface area (Å²) in [6.45, 7) is 2.66. The average Bonchev–Trinajstić information content (AvgIpc) is 3.18. The van der Waals surface area contributed by atoms with Crippen molar-refractivity contribution in [1.82, 2.24) is 20.1 Å². The van der Waals surface area contributed by atoms with E-state index >= 15 is 0 Å². The number of benzene rings is 1. The van der Waals surface area contributed by atoms with Crippen molar-refractivity contribution in [2.75, 3.05) is 7.11 Å². The highest BCUT2D eigenvalue weighted by Gasteiger charge is 2.23. The van der Waals surface area contributed by atoms with Gasteiger partial charge in [0.25, 0.3) is 0 Å². The number of rotatable bonds is 4. The lowest BCUT2D eigenvalue weighted by Crippen LogP contribution is -2.41. The fourth-order valence-corrected chi connectivity index (χ4v) is 3.36. The number of nitrogens with zero attached hydrogens (tertiary/aromatic N) is 3. The van der Waals surface area contributed by atoms with Crippen molar-refractivity contribution in [1.29, 1.82) is 0 Å². The van der Waals surface area contributed by atoms with Gasteiger partial charge in [0.05, 0.1) is 19.8 Å². The summed E-state index contributed by atoms with van der Waals surface area (Å²) >= 11 is 0. The van der Waals surface area contributed by atoms with Gasteiger partial charge in [0.1, 0.15) is 23.0 Å². The first-order valence-corrected chi connectivity index (χ1v) is 8.36. The van der Waals surface area contributed by atoms with Gasteiger partial charge in [-0.15, -0.1) is 10.2 Å². The van der Waals surface area contributed by atoms with Gasteiger partial charge in [0, 0.05) is 36.0 Å². The lowest BCUT2D eigenvalue weighted by atomic mass is 10.1. The van der Waals surface area contributed by atoms with Crippen LogP contribution in [0.25, 0.3) is 11.0 Å². The molecule has 2 aromatic heterocycles. The van der Waals surface area contributed by atoms with Crippen LogP contribution in [0, 0.1) is 6.92 Å². The predicted molar refractivity (Wildman–Crippen MR) is 91.5 cm³/mol. The highest BCUT2D eigenvalue weighted by atomic mass is 16.5. The molecule has 0 unspecified atom stereocenters. The molecule has 0 fully saturated rings. The summed E-state index contributed by atoms with van der Waals surface area (Å²) in [6, 6.07) is 5.73. The highest BCUT2D eigenvalue weighted by molar-refractivity contribution is 5.88. The van der Waals surface area contributed by atoms with E-state index in [9.17, 15) is 4.79 Å². The molecule has 7 heteroatoms. The lowest BCUT2D eigenvalue weighted by Gasteiger charge is -2.24. The van der Waals surface area contributed by atoms with Crippen LogP contribution in [0.4, 0.5) is 0 Å². The Labute approximate surface area is 145 Å². The number of amides is 1. The van der Waals surface area contributed by atoms with Crippen molar-refractivity contribution >= 4 is 16.9 Å². The van der Waals surface area contributed by atoms with Crippen LogP contribution in [-0.2, 0) is 24.2 Å². The Morgan fingerprint density at radius 2 is 2.32 bits per heavy atom. The Hall–Kier alpha value is -2.83. The Kier molecular flexibility index (Phi) is 3.91. The van der Waals surface area contributed by atoms with Crippen LogP contribution in [0.5, 0.6) is 5.75 Å². The first kappa shape index (κ1) is 15.7. The van der Waals surface area contributed by atoms with Crippen LogP contribution in [-0.4, -0.2) is 33.8 Å². The molecule has 0 radical (unpaired) electrons. The van der Waals surface area contributed by atoms with Crippen molar-refractivity contribution in [2.45, 2.75) is 38.8 Å². The number of hydrogen-bond donors (Lipinski definition) is 1. The van der Waals surface area contributed by atoms with E-state index in [0.717, 1.165) is 53.3 Å². The molecule has 1 aliphatic heterocycles. The fourth-order valence-electron chi connectivity index (χ4n) is 3.36. The van der Waals surface area contributed by atoms with Gasteiger partial charge in [-0.25, -0.2) is 0 Å². The number of ether oxygens (including phenoxy) is 1. The molecule has 25 heavy (non-hydrogen) atoms. The molecule has 1 atom stereocenters. The monoisotopic (exact) mass is 340 g/mol. The van der Waals surface area contributed by atoms with Gasteiger partial charge in [0.2, 0.25) is 5.91 Å². The summed E-state index contributed by atoms with van der Waals surface area (Å²) in [5.74, 6) is 2.62. The zero-order valence-corrected chi connectivity index (χ0v) is 14.3. The quantitative estimate of drug-likeness (QED) is 0.786. The van der Waals surface area contributed by atoms with Crippen molar-refractivity contribution in [2.24, 2.45) is 0 Å². The molecule has 0 spiro atoms. The van der Waals surface area contributed by atoms with Gasteiger partial charge < -0.3 is 19.0 Å². The van der Waals surface area contributed by atoms with Crippen LogP contribution in [0.3, 0.4) is 0 Å². The summed E-state index contributed by atoms with van der Waals surface area (Å²) in [5, 5.41) is 12.3. The van der Waals surface area contributed by atoms with Gasteiger partial charge in [-0.3, -0.25) is 4.79 Å². The second-order valence-corrected chi connectivity index (χ2v) is 6.38. The minimum atomic E-state index is -0.00213. The second kappa shape index (κ2) is 6.23. The second-order valence-electron chi connectivity index (χ2n) is 6.38. The summed E-state index contributed by atoms with van der Waals surface area (Å²) in [6.07, 6.45) is 3.66. The molecule has 0 aliphatic carbocycles. The number of carbonyl (C=O) groups excluding carboxylic acids is 1. The number of aryl methyl sites for hydroxylation is 2. The molecule has 1 aromatic carbocycles. The zero-order chi connectivity index (χ0) is 17.4. The van der Waals surface area contributed by atoms with Gasteiger partial charge in [0.15, 0.2) is 0 Å². The largest absolute Gasteiger partial charge is 0.497 e. The first-order valence-electron chi connectivity index (χ1n) is 8.36. The topological polar surface area (TPSA) is 82.2 Å². The molecule has 3 heterocycles. The average molecular weight is 340 g/mol. The molecular weight excluding hydrogens is 320 g/mol. The maximum atomic E-state index is 12.5. The molecule has 1 amide bonds. The molecule has 1 N–H and O–H groups in total. The normalized spacial score (nSPS) is 16.6. The van der Waals surface area contributed by atoms with Crippen LogP contribution >= 0.6 is 0 Å². The van der Waals surface area contributed by atoms with E-state index in [1.165, 1.54) is 0 Å². The number of nitrogens with one attached hydrogen (secondary N) is 1. The third kappa shape index (κ3) is 2.97. The van der Waals surface area contributed by atoms with Crippen LogP contribution in [0.1, 0.15) is 23.6 Å². The number of furan rings is 1. The van der Waals surface area contributed by atoms with Gasteiger partial charge in [-0.2, -0.15) is 0 Å². The Balaban J connectivity index is 1.44. The Morgan fingerprint density at radius 3 is 3.16 bits per heavy atom. The lowest BCUT2D eigenvalue weighted by molar-refractivity contribution is -0.121. The summed E-state index contributed by atoms with van der Waals surface area (Å²) < 4.78 is 12.8. The minimum absolute atomic E-state index is 0.00213. The summed E-state index contributed by atoms with van der Waals surface area (Å²) in [7, 11) is 1.62. The first-order chi connectivity index (χ1) is 12.1. The summed E-state index contributed by atoms with van der Waals surface area (Å²) in [5.41, 5.74) is 1.61. The van der Waals surface area contributed by atoms with Gasteiger partial charge in [-0.1, -0.05) is 0 Å². The van der Waals surface area contributed by atoms with Crippen LogP contribution in [0.2, 0.25) is 0 Å². The molecule has 0 saturated heterocycles. The predicted octanol–water partition coefficient (Wildman–Crippen LogP) is 2.02. The van der Waals surface area contributed by atoms with E-state index < -0.39 is 0 Å². The van der Waals surface area contributed by atoms with E-state index in [1.54, 1.807) is 13.4 Å². The maximum absolute atomic E-state index is 12.5. The number of aromatic nitrogens is 3. The van der Waals surface area contributed by atoms with Gasteiger partial charge >= 0.3 is 0 Å². The van der Waals surface area contributed by atoms with E-state index in [4.69, 9.17) is 9.15 Å². The fraction of sp³-hybridized carbons (Fsp3) is 0.389. The molecular formula is C18H20N4O3. The third-order valence-corrected chi connectivity index (χ3v) is 4.71. The smallest absolute Gasteiger partial charge is 0.224 e. The Morgan fingerprint density at radius 1 is 1.44 bits per heavy atom. The number of carbonyl (C=O) groups is 1. The summed E-state index contributed by atoms with van der Waals surface area (Å²) in [4.78, 5) is 12.5. The molecule has 1 aliphatic rings. The molecule has 3 aromatic rings. The molecule has 7 nitrogen and oxygen atoms in total. The van der Waals surface area contributed by atoms with Gasteiger partial charge in [-0.05, 0) is 25.5 Å². The minimum Gasteiger partial charge on any atom is -0.497 e. The van der Waals surface area contributed by atoms with Crippen molar-refractivity contribution in [3.8, 4) is 5.75 Å².